The minimum absolute atomic E-state index is 0.00497. The summed E-state index contributed by atoms with van der Waals surface area (Å²) in [5.41, 5.74) is 0. The molecular weight excluding hydrogens is 695 g/mol. The van der Waals surface area contributed by atoms with Crippen LogP contribution in [0.25, 0.3) is 0 Å². The first-order valence-corrected chi connectivity index (χ1v) is 21.4. The van der Waals surface area contributed by atoms with Crippen LogP contribution in [0.3, 0.4) is 0 Å². The summed E-state index contributed by atoms with van der Waals surface area (Å²) in [4.78, 5) is 12.1. The average Bonchev–Trinajstić information content (AvgIpc) is 3.46. The highest BCUT2D eigenvalue weighted by molar-refractivity contribution is 5.75. The Morgan fingerprint density at radius 2 is 1.04 bits per heavy atom. The van der Waals surface area contributed by atoms with Gasteiger partial charge in [-0.1, -0.05) is 109 Å². The molecule has 0 radical (unpaired) electrons. The smallest absolute Gasteiger partial charge is 0.219 e. The second kappa shape index (κ2) is 39.5. The van der Waals surface area contributed by atoms with E-state index in [1.54, 1.807) is 13.8 Å². The molecule has 0 aromatic rings. The van der Waals surface area contributed by atoms with Crippen molar-refractivity contribution in [3.05, 3.63) is 0 Å². The summed E-state index contributed by atoms with van der Waals surface area (Å²) in [6.07, 6.45) is 22.3. The lowest BCUT2D eigenvalue weighted by Crippen LogP contribution is -2.40. The second-order valence-electron chi connectivity index (χ2n) is 14.5. The van der Waals surface area contributed by atoms with Crippen molar-refractivity contribution in [3.63, 3.8) is 0 Å². The molecule has 0 bridgehead atoms. The number of hydrogen-bond acceptors (Lipinski definition) is 5. The summed E-state index contributed by atoms with van der Waals surface area (Å²) in [5, 5.41) is 3.10. The zero-order valence-electron chi connectivity index (χ0n) is 36.4. The maximum Gasteiger partial charge on any atom is 0.219 e. The molecule has 1 unspecified atom stereocenters. The molecule has 1 N–H and O–H groups in total. The normalized spacial score (nSPS) is 16.2. The maximum atomic E-state index is 12.1. The first-order valence-electron chi connectivity index (χ1n) is 21.4. The quantitative estimate of drug-likeness (QED) is 0.0667. The predicted molar refractivity (Wildman–Crippen MR) is 233 cm³/mol. The molecule has 308 valence electrons. The van der Waals surface area contributed by atoms with Crippen LogP contribution >= 0.6 is 0 Å². The Labute approximate surface area is 344 Å². The second-order valence-corrected chi connectivity index (χ2v) is 14.5. The third-order valence-corrected chi connectivity index (χ3v) is 8.71. The number of rotatable bonds is 27. The summed E-state index contributed by atoms with van der Waals surface area (Å²) in [7, 11) is 0. The number of amides is 1. The van der Waals surface area contributed by atoms with Gasteiger partial charge in [-0.3, -0.25) is 4.79 Å². The van der Waals surface area contributed by atoms with E-state index in [2.05, 4.69) is 116 Å². The van der Waals surface area contributed by atoms with Crippen LogP contribution in [-0.4, -0.2) is 62.3 Å². The molecule has 6 heteroatoms. The molecule has 1 rings (SSSR count). The van der Waals surface area contributed by atoms with Gasteiger partial charge < -0.3 is 24.3 Å². The molecule has 6 nitrogen and oxygen atoms in total. The Bertz CT molecular complexity index is 1400. The largest absolute Gasteiger partial charge is 0.376 e. The summed E-state index contributed by atoms with van der Waals surface area (Å²) in [6.45, 7) is 18.0. The topological polar surface area (TPSA) is 66.0 Å². The molecule has 0 saturated carbocycles. The molecule has 1 fully saturated rings. The van der Waals surface area contributed by atoms with Crippen LogP contribution < -0.4 is 5.32 Å². The van der Waals surface area contributed by atoms with Crippen LogP contribution in [0.2, 0.25) is 0 Å². The van der Waals surface area contributed by atoms with Crippen LogP contribution in [0.4, 0.5) is 0 Å². The fraction of sp³-hybridized carbons (Fsp3) is 0.700. The third-order valence-electron chi connectivity index (χ3n) is 8.71. The number of hydrogen-bond donors (Lipinski definition) is 1. The molecule has 0 aromatic heterocycles. The highest BCUT2D eigenvalue weighted by Crippen LogP contribution is 2.28. The summed E-state index contributed by atoms with van der Waals surface area (Å²) < 4.78 is 24.4. The van der Waals surface area contributed by atoms with E-state index < -0.39 is 0 Å². The van der Waals surface area contributed by atoms with Gasteiger partial charge in [-0.15, -0.1) is 0 Å². The molecule has 1 saturated heterocycles. The molecule has 4 atom stereocenters. The fourth-order valence-corrected chi connectivity index (χ4v) is 5.90. The minimum atomic E-state index is -0.0983. The summed E-state index contributed by atoms with van der Waals surface area (Å²) >= 11 is 0. The lowest BCUT2D eigenvalue weighted by atomic mass is 10.0. The van der Waals surface area contributed by atoms with Gasteiger partial charge in [-0.25, -0.2) is 0 Å². The standard InChI is InChI=1S/C34H67NO5.C16H6/c1-7-8-9-10-11-12-13-14-15-16-17-18-21-24-32(36)35-25-22-19-20-23-26-37-33-30(6)40-31(27-38-28(2)3)34(33)39-29(4)5;1-3-5-7-9-11-13-15-16-14-12-10-8-6-4-2/h28-31,33-34H,7-27H2,1-6H3,(H,35,36);1-2H3/t30-,31?,33-,34+;/m0./s1. The molecule has 0 spiro atoms. The van der Waals surface area contributed by atoms with Crippen LogP contribution in [0, 0.1) is 82.9 Å². The van der Waals surface area contributed by atoms with Gasteiger partial charge in [0.15, 0.2) is 0 Å². The Balaban J connectivity index is 0.00000158. The van der Waals surface area contributed by atoms with Gasteiger partial charge in [0.25, 0.3) is 0 Å². The lowest BCUT2D eigenvalue weighted by molar-refractivity contribution is -0.121. The monoisotopic (exact) mass is 768 g/mol. The Morgan fingerprint density at radius 3 is 1.50 bits per heavy atom. The van der Waals surface area contributed by atoms with Gasteiger partial charge in [0, 0.05) is 19.6 Å². The van der Waals surface area contributed by atoms with Gasteiger partial charge in [0.2, 0.25) is 5.91 Å². The Kier molecular flexibility index (Phi) is 36.8. The zero-order valence-corrected chi connectivity index (χ0v) is 36.4. The predicted octanol–water partition coefficient (Wildman–Crippen LogP) is 9.59. The van der Waals surface area contributed by atoms with E-state index in [0.717, 1.165) is 38.6 Å². The van der Waals surface area contributed by atoms with Crippen LogP contribution in [0.15, 0.2) is 0 Å². The molecular formula is C50H73NO5. The van der Waals surface area contributed by atoms with Crippen LogP contribution in [0.1, 0.15) is 171 Å². The van der Waals surface area contributed by atoms with E-state index in [1.807, 2.05) is 13.8 Å². The van der Waals surface area contributed by atoms with E-state index in [0.29, 0.717) is 19.6 Å². The highest BCUT2D eigenvalue weighted by Gasteiger charge is 2.44. The average molecular weight is 768 g/mol. The van der Waals surface area contributed by atoms with Crippen molar-refractivity contribution in [2.45, 2.75) is 208 Å². The van der Waals surface area contributed by atoms with Crippen LogP contribution in [0.5, 0.6) is 0 Å². The Morgan fingerprint density at radius 1 is 0.589 bits per heavy atom. The van der Waals surface area contributed by atoms with Crippen molar-refractivity contribution in [1.82, 2.24) is 5.32 Å². The zero-order chi connectivity index (χ0) is 41.3. The van der Waals surface area contributed by atoms with Crippen molar-refractivity contribution < 1.29 is 23.7 Å². The van der Waals surface area contributed by atoms with Gasteiger partial charge in [-0.05, 0) is 139 Å². The molecule has 1 aliphatic rings. The first-order chi connectivity index (χ1) is 27.3. The molecule has 0 aromatic carbocycles. The fourth-order valence-electron chi connectivity index (χ4n) is 5.90. The third kappa shape index (κ3) is 33.6. The Hall–Kier alpha value is -3.77. The van der Waals surface area contributed by atoms with Gasteiger partial charge >= 0.3 is 0 Å². The van der Waals surface area contributed by atoms with E-state index in [1.165, 1.54) is 77.0 Å². The number of unbranched alkanes of at least 4 members (excludes halogenated alkanes) is 15. The maximum absolute atomic E-state index is 12.1. The summed E-state index contributed by atoms with van der Waals surface area (Å²) in [6, 6.07) is 0. The van der Waals surface area contributed by atoms with Crippen molar-refractivity contribution in [1.29, 1.82) is 0 Å². The minimum Gasteiger partial charge on any atom is -0.376 e. The van der Waals surface area contributed by atoms with Crippen molar-refractivity contribution in [2.24, 2.45) is 0 Å². The van der Waals surface area contributed by atoms with Crippen molar-refractivity contribution >= 4 is 5.91 Å². The SMILES string of the molecule is CC#CC#CC#CC#CC#CC#CC#CC.CCCCCCCCCCCCCCCC(=O)NCCCCCCO[C@H]1[C@H](C)OC(COC(C)C)[C@H]1OC(C)C. The van der Waals surface area contributed by atoms with E-state index in [-0.39, 0.29) is 42.5 Å². The van der Waals surface area contributed by atoms with E-state index >= 15 is 0 Å². The number of ether oxygens (including phenoxy) is 4. The van der Waals surface area contributed by atoms with Crippen LogP contribution in [-0.2, 0) is 23.7 Å². The molecule has 56 heavy (non-hydrogen) atoms. The molecule has 1 amide bonds. The highest BCUT2D eigenvalue weighted by atomic mass is 16.6. The lowest BCUT2D eigenvalue weighted by Gasteiger charge is -2.26. The molecule has 0 aliphatic carbocycles. The van der Waals surface area contributed by atoms with E-state index in [9.17, 15) is 4.79 Å². The number of carbonyl (C=O) groups is 1. The first kappa shape index (κ1) is 52.2. The van der Waals surface area contributed by atoms with Crippen molar-refractivity contribution in [2.75, 3.05) is 19.8 Å². The molecule has 1 aliphatic heterocycles. The number of carbonyl (C=O) groups excluding carboxylic acids is 1. The molecule has 1 heterocycles. The van der Waals surface area contributed by atoms with Crippen molar-refractivity contribution in [3.8, 4) is 82.9 Å². The van der Waals surface area contributed by atoms with Gasteiger partial charge in [0.05, 0.1) is 24.9 Å². The van der Waals surface area contributed by atoms with Gasteiger partial charge in [0.1, 0.15) is 18.3 Å². The van der Waals surface area contributed by atoms with Gasteiger partial charge in [-0.2, -0.15) is 0 Å². The number of nitrogens with one attached hydrogen (secondary N) is 1. The van der Waals surface area contributed by atoms with E-state index in [4.69, 9.17) is 18.9 Å². The summed E-state index contributed by atoms with van der Waals surface area (Å²) in [5.74, 6) is 35.8.